The molecule has 0 heteroatoms. The maximum Gasteiger partial charge on any atom is -0.00266 e. The molecule has 4 aromatic rings. The summed E-state index contributed by atoms with van der Waals surface area (Å²) in [6, 6.07) is 28.1. The molecule has 0 saturated carbocycles. The van der Waals surface area contributed by atoms with E-state index in [9.17, 15) is 0 Å². The van der Waals surface area contributed by atoms with Crippen molar-refractivity contribution in [1.82, 2.24) is 0 Å². The van der Waals surface area contributed by atoms with Crippen LogP contribution < -0.4 is 0 Å². The number of hydrogen-bond donors (Lipinski definition) is 0. The Balaban J connectivity index is 0.000000881. The molecule has 4 aromatic carbocycles. The second kappa shape index (κ2) is 15.3. The fourth-order valence-corrected chi connectivity index (χ4v) is 3.26. The van der Waals surface area contributed by atoms with E-state index < -0.39 is 0 Å². The van der Waals surface area contributed by atoms with E-state index in [2.05, 4.69) is 85.8 Å². The van der Waals surface area contributed by atoms with Gasteiger partial charge in [-0.15, -0.1) is 0 Å². The second-order valence-electron chi connectivity index (χ2n) is 5.46. The topological polar surface area (TPSA) is 0 Å². The first-order chi connectivity index (χ1) is 14.4. The quantitative estimate of drug-likeness (QED) is 0.284. The SMILES string of the molecule is CC.CC.CC.CC.Cc1c2ccccc2c(-c2ccccc2)c2ccccc12. The molecular formula is C29H40. The minimum absolute atomic E-state index is 1.28. The Labute approximate surface area is 179 Å². The Kier molecular flexibility index (Phi) is 14.0. The number of hydrogen-bond acceptors (Lipinski definition) is 0. The highest BCUT2D eigenvalue weighted by Gasteiger charge is 2.11. The molecule has 29 heavy (non-hydrogen) atoms. The zero-order chi connectivity index (χ0) is 22.2. The van der Waals surface area contributed by atoms with Crippen LogP contribution in [0.2, 0.25) is 0 Å². The van der Waals surface area contributed by atoms with Crippen LogP contribution in [0.4, 0.5) is 0 Å². The fraction of sp³-hybridized carbons (Fsp3) is 0.310. The number of fused-ring (bicyclic) bond motifs is 2. The predicted octanol–water partition coefficient (Wildman–Crippen LogP) is 10.1. The molecule has 0 aliphatic rings. The van der Waals surface area contributed by atoms with Gasteiger partial charge in [-0.2, -0.15) is 0 Å². The van der Waals surface area contributed by atoms with E-state index in [1.807, 2.05) is 55.4 Å². The molecule has 0 atom stereocenters. The lowest BCUT2D eigenvalue weighted by Crippen LogP contribution is -1.88. The zero-order valence-corrected chi connectivity index (χ0v) is 20.0. The molecule has 0 heterocycles. The third-order valence-corrected chi connectivity index (χ3v) is 4.26. The molecule has 0 radical (unpaired) electrons. The molecule has 0 unspecified atom stereocenters. The summed E-state index contributed by atoms with van der Waals surface area (Å²) in [4.78, 5) is 0. The summed E-state index contributed by atoms with van der Waals surface area (Å²) in [6.07, 6.45) is 0. The summed E-state index contributed by atoms with van der Waals surface area (Å²) in [5.74, 6) is 0. The van der Waals surface area contributed by atoms with Crippen molar-refractivity contribution < 1.29 is 0 Å². The summed E-state index contributed by atoms with van der Waals surface area (Å²) in [6.45, 7) is 18.2. The molecule has 0 fully saturated rings. The molecular weight excluding hydrogens is 348 g/mol. The van der Waals surface area contributed by atoms with Crippen molar-refractivity contribution in [2.24, 2.45) is 0 Å². The molecule has 156 valence electrons. The van der Waals surface area contributed by atoms with Crippen LogP contribution in [-0.2, 0) is 0 Å². The lowest BCUT2D eigenvalue weighted by atomic mass is 9.89. The van der Waals surface area contributed by atoms with Crippen LogP contribution in [0.15, 0.2) is 78.9 Å². The van der Waals surface area contributed by atoms with Gasteiger partial charge in [0.2, 0.25) is 0 Å². The molecule has 0 amide bonds. The van der Waals surface area contributed by atoms with Gasteiger partial charge in [-0.1, -0.05) is 134 Å². The maximum atomic E-state index is 2.23. The van der Waals surface area contributed by atoms with Crippen LogP contribution in [0.3, 0.4) is 0 Å². The lowest BCUT2D eigenvalue weighted by molar-refractivity contribution is 1.50. The van der Waals surface area contributed by atoms with Gasteiger partial charge < -0.3 is 0 Å². The third-order valence-electron chi connectivity index (χ3n) is 4.26. The van der Waals surface area contributed by atoms with E-state index in [0.29, 0.717) is 0 Å². The molecule has 0 saturated heterocycles. The van der Waals surface area contributed by atoms with Gasteiger partial charge in [0.25, 0.3) is 0 Å². The predicted molar refractivity (Wildman–Crippen MR) is 137 cm³/mol. The monoisotopic (exact) mass is 388 g/mol. The minimum atomic E-state index is 1.28. The van der Waals surface area contributed by atoms with Gasteiger partial charge in [-0.05, 0) is 45.2 Å². The summed E-state index contributed by atoms with van der Waals surface area (Å²) >= 11 is 0. The highest BCUT2D eigenvalue weighted by molar-refractivity contribution is 6.14. The van der Waals surface area contributed by atoms with Gasteiger partial charge in [0.1, 0.15) is 0 Å². The van der Waals surface area contributed by atoms with Crippen molar-refractivity contribution in [2.45, 2.75) is 62.3 Å². The Hall–Kier alpha value is -2.60. The molecule has 0 aliphatic heterocycles. The standard InChI is InChI=1S/C21H16.4C2H6/c1-15-17-11-5-7-13-19(17)21(16-9-3-2-4-10-16)20-14-8-6-12-18(15)20;4*1-2/h2-14H,1H3;4*1-2H3. The van der Waals surface area contributed by atoms with Crippen LogP contribution in [0.1, 0.15) is 61.0 Å². The van der Waals surface area contributed by atoms with E-state index in [4.69, 9.17) is 0 Å². The van der Waals surface area contributed by atoms with Gasteiger partial charge in [0, 0.05) is 0 Å². The summed E-state index contributed by atoms with van der Waals surface area (Å²) in [5, 5.41) is 5.35. The molecule has 0 N–H and O–H groups in total. The summed E-state index contributed by atoms with van der Waals surface area (Å²) in [5.41, 5.74) is 3.98. The number of rotatable bonds is 1. The minimum Gasteiger partial charge on any atom is -0.0683 e. The number of benzene rings is 4. The summed E-state index contributed by atoms with van der Waals surface area (Å²) in [7, 11) is 0. The first kappa shape index (κ1) is 26.4. The zero-order valence-electron chi connectivity index (χ0n) is 20.0. The van der Waals surface area contributed by atoms with Crippen LogP contribution in [0, 0.1) is 6.92 Å². The molecule has 0 bridgehead atoms. The molecule has 0 aromatic heterocycles. The van der Waals surface area contributed by atoms with Gasteiger partial charge in [0.05, 0.1) is 0 Å². The van der Waals surface area contributed by atoms with Crippen molar-refractivity contribution in [3.8, 4) is 11.1 Å². The highest BCUT2D eigenvalue weighted by Crippen LogP contribution is 2.38. The Bertz CT molecular complexity index is 877. The average molecular weight is 389 g/mol. The van der Waals surface area contributed by atoms with Gasteiger partial charge in [-0.25, -0.2) is 0 Å². The van der Waals surface area contributed by atoms with E-state index in [-0.39, 0.29) is 0 Å². The first-order valence-corrected chi connectivity index (χ1v) is 11.3. The van der Waals surface area contributed by atoms with Crippen molar-refractivity contribution in [3.05, 3.63) is 84.4 Å². The molecule has 0 spiro atoms. The van der Waals surface area contributed by atoms with E-state index >= 15 is 0 Å². The maximum absolute atomic E-state index is 2.23. The number of aryl methyl sites for hydroxylation is 1. The first-order valence-electron chi connectivity index (χ1n) is 11.3. The van der Waals surface area contributed by atoms with E-state index in [1.165, 1.54) is 38.2 Å². The van der Waals surface area contributed by atoms with Crippen molar-refractivity contribution in [1.29, 1.82) is 0 Å². The average Bonchev–Trinajstić information content (AvgIpc) is 2.85. The summed E-state index contributed by atoms with van der Waals surface area (Å²) < 4.78 is 0. The second-order valence-corrected chi connectivity index (χ2v) is 5.46. The van der Waals surface area contributed by atoms with Crippen LogP contribution in [0.5, 0.6) is 0 Å². The Morgan fingerprint density at radius 2 is 0.690 bits per heavy atom. The fourth-order valence-electron chi connectivity index (χ4n) is 3.26. The third kappa shape index (κ3) is 6.19. The van der Waals surface area contributed by atoms with Gasteiger partial charge in [-0.3, -0.25) is 0 Å². The van der Waals surface area contributed by atoms with E-state index in [0.717, 1.165) is 0 Å². The lowest BCUT2D eigenvalue weighted by Gasteiger charge is -2.15. The Morgan fingerprint density at radius 1 is 0.379 bits per heavy atom. The van der Waals surface area contributed by atoms with Gasteiger partial charge >= 0.3 is 0 Å². The highest BCUT2D eigenvalue weighted by atomic mass is 14.1. The van der Waals surface area contributed by atoms with Crippen molar-refractivity contribution >= 4 is 21.5 Å². The van der Waals surface area contributed by atoms with E-state index in [1.54, 1.807) is 0 Å². The molecule has 0 nitrogen and oxygen atoms in total. The van der Waals surface area contributed by atoms with Crippen LogP contribution in [-0.4, -0.2) is 0 Å². The largest absolute Gasteiger partial charge is 0.0683 e. The van der Waals surface area contributed by atoms with Crippen LogP contribution >= 0.6 is 0 Å². The Morgan fingerprint density at radius 3 is 1.07 bits per heavy atom. The van der Waals surface area contributed by atoms with Crippen molar-refractivity contribution in [2.75, 3.05) is 0 Å². The molecule has 4 rings (SSSR count). The van der Waals surface area contributed by atoms with Crippen LogP contribution in [0.25, 0.3) is 32.7 Å². The molecule has 0 aliphatic carbocycles. The van der Waals surface area contributed by atoms with Gasteiger partial charge in [0.15, 0.2) is 0 Å². The smallest absolute Gasteiger partial charge is 0.00266 e. The van der Waals surface area contributed by atoms with Crippen molar-refractivity contribution in [3.63, 3.8) is 0 Å². The normalized spacial score (nSPS) is 8.86.